The van der Waals surface area contributed by atoms with Crippen LogP contribution in [0.2, 0.25) is 0 Å². The van der Waals surface area contributed by atoms with E-state index in [2.05, 4.69) is 6.58 Å². The molecule has 2 heteroatoms. The molecule has 1 aliphatic rings. The van der Waals surface area contributed by atoms with Crippen LogP contribution in [0.15, 0.2) is 11.9 Å². The van der Waals surface area contributed by atoms with Crippen molar-refractivity contribution in [1.82, 2.24) is 0 Å². The first-order valence-electron chi connectivity index (χ1n) is 2.97. The molecule has 2 N–H and O–H groups in total. The summed E-state index contributed by atoms with van der Waals surface area (Å²) in [5, 5.41) is 1.42. The van der Waals surface area contributed by atoms with Gasteiger partial charge in [-0.15, -0.1) is 0 Å². The van der Waals surface area contributed by atoms with Crippen LogP contribution in [0.3, 0.4) is 0 Å². The Bertz CT molecular complexity index is 101. The van der Waals surface area contributed by atoms with Crippen LogP contribution in [0.1, 0.15) is 12.8 Å². The van der Waals surface area contributed by atoms with E-state index in [1.165, 1.54) is 18.2 Å². The molecule has 0 aromatic rings. The summed E-state index contributed by atoms with van der Waals surface area (Å²) in [6.45, 7) is 4.77. The van der Waals surface area contributed by atoms with Crippen molar-refractivity contribution in [3.63, 3.8) is 0 Å². The van der Waals surface area contributed by atoms with Gasteiger partial charge in [0, 0.05) is 0 Å². The van der Waals surface area contributed by atoms with Crippen molar-refractivity contribution in [1.29, 1.82) is 0 Å². The second-order valence-electron chi connectivity index (χ2n) is 2.22. The SMILES string of the molecule is C=C1CCC(CN)P1. The molecule has 0 aromatic heterocycles. The summed E-state index contributed by atoms with van der Waals surface area (Å²) in [7, 11) is 0.954. The van der Waals surface area contributed by atoms with Gasteiger partial charge in [-0.25, -0.2) is 0 Å². The highest BCUT2D eigenvalue weighted by Gasteiger charge is 2.15. The molecule has 1 saturated heterocycles. The normalized spacial score (nSPS) is 32.1. The van der Waals surface area contributed by atoms with Crippen molar-refractivity contribution in [2.45, 2.75) is 18.5 Å². The van der Waals surface area contributed by atoms with Crippen LogP contribution < -0.4 is 5.73 Å². The van der Waals surface area contributed by atoms with Crippen LogP contribution in [0.25, 0.3) is 0 Å². The standard InChI is InChI=1S/C6H12NP/c1-5-2-3-6(4-7)8-5/h6,8H,1-4,7H2. The Hall–Kier alpha value is 0.130. The van der Waals surface area contributed by atoms with Crippen molar-refractivity contribution in [2.75, 3.05) is 6.54 Å². The van der Waals surface area contributed by atoms with E-state index in [4.69, 9.17) is 5.73 Å². The third kappa shape index (κ3) is 1.30. The quantitative estimate of drug-likeness (QED) is 0.530. The molecular formula is C6H12NP. The van der Waals surface area contributed by atoms with Gasteiger partial charge in [0.05, 0.1) is 0 Å². The Kier molecular flexibility index (Phi) is 2.04. The molecule has 1 rings (SSSR count). The molecule has 1 aliphatic heterocycles. The predicted octanol–water partition coefficient (Wildman–Crippen LogP) is 1.30. The number of nitrogens with two attached hydrogens (primary N) is 1. The zero-order valence-electron chi connectivity index (χ0n) is 4.98. The maximum Gasteiger partial charge on any atom is -0.000878 e. The summed E-state index contributed by atoms with van der Waals surface area (Å²) in [6.07, 6.45) is 2.51. The lowest BCUT2D eigenvalue weighted by Crippen LogP contribution is -2.11. The molecule has 0 saturated carbocycles. The summed E-state index contributed by atoms with van der Waals surface area (Å²) < 4.78 is 0. The number of hydrogen-bond acceptors (Lipinski definition) is 1. The lowest BCUT2D eigenvalue weighted by Gasteiger charge is -2.00. The van der Waals surface area contributed by atoms with Crippen molar-refractivity contribution in [3.05, 3.63) is 11.9 Å². The van der Waals surface area contributed by atoms with E-state index < -0.39 is 0 Å². The molecule has 0 aliphatic carbocycles. The second kappa shape index (κ2) is 2.61. The molecule has 2 atom stereocenters. The van der Waals surface area contributed by atoms with Gasteiger partial charge in [0.25, 0.3) is 0 Å². The fourth-order valence-corrected chi connectivity index (χ4v) is 2.23. The molecule has 2 unspecified atom stereocenters. The van der Waals surface area contributed by atoms with Gasteiger partial charge >= 0.3 is 0 Å². The Morgan fingerprint density at radius 3 is 2.88 bits per heavy atom. The lowest BCUT2D eigenvalue weighted by atomic mass is 10.2. The second-order valence-corrected chi connectivity index (χ2v) is 4.03. The van der Waals surface area contributed by atoms with Gasteiger partial charge in [0.2, 0.25) is 0 Å². The minimum Gasteiger partial charge on any atom is -0.330 e. The Morgan fingerprint density at radius 1 is 1.88 bits per heavy atom. The van der Waals surface area contributed by atoms with E-state index in [0.29, 0.717) is 0 Å². The zero-order valence-corrected chi connectivity index (χ0v) is 5.98. The topological polar surface area (TPSA) is 26.0 Å². The summed E-state index contributed by atoms with van der Waals surface area (Å²) in [5.74, 6) is 0. The number of allylic oxidation sites excluding steroid dienone is 1. The molecule has 1 heterocycles. The first kappa shape index (κ1) is 6.25. The summed E-state index contributed by atoms with van der Waals surface area (Å²) in [5.41, 5.74) is 6.24. The van der Waals surface area contributed by atoms with Crippen LogP contribution >= 0.6 is 8.58 Å². The zero-order chi connectivity index (χ0) is 5.98. The first-order valence-corrected chi connectivity index (χ1v) is 4.05. The monoisotopic (exact) mass is 129 g/mol. The van der Waals surface area contributed by atoms with Gasteiger partial charge in [0.15, 0.2) is 0 Å². The Balaban J connectivity index is 2.32. The van der Waals surface area contributed by atoms with Crippen molar-refractivity contribution in [3.8, 4) is 0 Å². The summed E-state index contributed by atoms with van der Waals surface area (Å²) in [4.78, 5) is 0. The van der Waals surface area contributed by atoms with Gasteiger partial charge in [0.1, 0.15) is 0 Å². The fourth-order valence-electron chi connectivity index (χ4n) is 0.958. The highest BCUT2D eigenvalue weighted by molar-refractivity contribution is 7.44. The van der Waals surface area contributed by atoms with Gasteiger partial charge in [-0.2, -0.15) is 0 Å². The maximum atomic E-state index is 5.46. The molecule has 1 nitrogen and oxygen atoms in total. The van der Waals surface area contributed by atoms with Crippen LogP contribution in [-0.4, -0.2) is 12.2 Å². The minimum atomic E-state index is 0.780. The summed E-state index contributed by atoms with van der Waals surface area (Å²) in [6, 6.07) is 0. The molecule has 0 bridgehead atoms. The largest absolute Gasteiger partial charge is 0.330 e. The maximum absolute atomic E-state index is 5.46. The molecule has 46 valence electrons. The van der Waals surface area contributed by atoms with E-state index in [9.17, 15) is 0 Å². The first-order chi connectivity index (χ1) is 3.83. The third-order valence-electron chi connectivity index (χ3n) is 1.49. The lowest BCUT2D eigenvalue weighted by molar-refractivity contribution is 0.799. The van der Waals surface area contributed by atoms with Gasteiger partial charge in [-0.3, -0.25) is 0 Å². The minimum absolute atomic E-state index is 0.780. The molecule has 8 heavy (non-hydrogen) atoms. The van der Waals surface area contributed by atoms with Crippen LogP contribution in [0, 0.1) is 0 Å². The van der Waals surface area contributed by atoms with Gasteiger partial charge < -0.3 is 5.73 Å². The highest BCUT2D eigenvalue weighted by atomic mass is 31.1. The van der Waals surface area contributed by atoms with Crippen molar-refractivity contribution < 1.29 is 0 Å². The molecule has 1 fully saturated rings. The molecule has 0 spiro atoms. The van der Waals surface area contributed by atoms with E-state index >= 15 is 0 Å². The van der Waals surface area contributed by atoms with E-state index in [-0.39, 0.29) is 0 Å². The van der Waals surface area contributed by atoms with Gasteiger partial charge in [-0.1, -0.05) is 20.5 Å². The Labute approximate surface area is 52.1 Å². The molecule has 0 aromatic carbocycles. The van der Waals surface area contributed by atoms with E-state index in [0.717, 1.165) is 20.8 Å². The van der Waals surface area contributed by atoms with Crippen LogP contribution in [-0.2, 0) is 0 Å². The number of rotatable bonds is 1. The van der Waals surface area contributed by atoms with E-state index in [1.807, 2.05) is 0 Å². The number of hydrogen-bond donors (Lipinski definition) is 1. The summed E-state index contributed by atoms with van der Waals surface area (Å²) >= 11 is 0. The van der Waals surface area contributed by atoms with Crippen molar-refractivity contribution in [2.24, 2.45) is 5.73 Å². The molecule has 0 radical (unpaired) electrons. The molecule has 0 amide bonds. The van der Waals surface area contributed by atoms with Gasteiger partial charge in [-0.05, 0) is 25.0 Å². The van der Waals surface area contributed by atoms with Crippen LogP contribution in [0.4, 0.5) is 0 Å². The predicted molar refractivity (Wildman–Crippen MR) is 39.5 cm³/mol. The van der Waals surface area contributed by atoms with Crippen LogP contribution in [0.5, 0.6) is 0 Å². The average molecular weight is 129 g/mol. The Morgan fingerprint density at radius 2 is 2.62 bits per heavy atom. The highest BCUT2D eigenvalue weighted by Crippen LogP contribution is 2.40. The van der Waals surface area contributed by atoms with E-state index in [1.54, 1.807) is 0 Å². The fraction of sp³-hybridized carbons (Fsp3) is 0.667. The molecular weight excluding hydrogens is 117 g/mol. The third-order valence-corrected chi connectivity index (χ3v) is 3.08. The van der Waals surface area contributed by atoms with Crippen molar-refractivity contribution >= 4 is 8.58 Å². The average Bonchev–Trinajstić information content (AvgIpc) is 2.14. The smallest absolute Gasteiger partial charge is 0.000878 e.